The fourth-order valence-electron chi connectivity index (χ4n) is 2.54. The van der Waals surface area contributed by atoms with E-state index in [-0.39, 0.29) is 0 Å². The Morgan fingerprint density at radius 2 is 1.92 bits per heavy atom. The number of aromatic nitrogens is 2. The van der Waals surface area contributed by atoms with E-state index in [9.17, 15) is 0 Å². The highest BCUT2D eigenvalue weighted by Crippen LogP contribution is 2.13. The number of nitrogens with zero attached hydrogens (tertiary/aromatic N) is 3. The van der Waals surface area contributed by atoms with E-state index in [1.807, 2.05) is 30.3 Å². The van der Waals surface area contributed by atoms with Crippen LogP contribution >= 0.6 is 0 Å². The molecule has 5 nitrogen and oxygen atoms in total. The lowest BCUT2D eigenvalue weighted by molar-refractivity contribution is 0.151. The number of hydrogen-bond acceptors (Lipinski definition) is 5. The summed E-state index contributed by atoms with van der Waals surface area (Å²) in [6.07, 6.45) is 4.33. The molecule has 0 amide bonds. The normalized spacial score (nSPS) is 11.8. The molecule has 0 fully saturated rings. The lowest BCUT2D eigenvalue weighted by atomic mass is 10.2. The first kappa shape index (κ1) is 16.4. The summed E-state index contributed by atoms with van der Waals surface area (Å²) in [7, 11) is 1.73. The molecule has 0 bridgehead atoms. The maximum Gasteiger partial charge on any atom is 0.135 e. The van der Waals surface area contributed by atoms with Crippen LogP contribution in [-0.4, -0.2) is 42.0 Å². The van der Waals surface area contributed by atoms with Crippen LogP contribution in [0, 0.1) is 0 Å². The van der Waals surface area contributed by atoms with E-state index in [0.717, 1.165) is 30.7 Å². The van der Waals surface area contributed by atoms with Crippen molar-refractivity contribution in [3.05, 3.63) is 65.7 Å². The third kappa shape index (κ3) is 4.50. The molecule has 0 radical (unpaired) electrons. The van der Waals surface area contributed by atoms with Gasteiger partial charge in [0.05, 0.1) is 6.61 Å². The van der Waals surface area contributed by atoms with Gasteiger partial charge in [-0.25, -0.2) is 4.63 Å². The topological polar surface area (TPSA) is 51.4 Å². The minimum absolute atomic E-state index is 0.701. The Labute approximate surface area is 141 Å². The van der Waals surface area contributed by atoms with Crippen molar-refractivity contribution < 1.29 is 9.37 Å². The predicted octanol–water partition coefficient (Wildman–Crippen LogP) is 3.38. The second-order valence-corrected chi connectivity index (χ2v) is 5.63. The molecular formula is C19H21N3O2. The monoisotopic (exact) mass is 323 g/mol. The van der Waals surface area contributed by atoms with E-state index in [1.54, 1.807) is 7.11 Å². The molecule has 3 rings (SSSR count). The van der Waals surface area contributed by atoms with Gasteiger partial charge in [-0.15, -0.1) is 0 Å². The first-order valence-corrected chi connectivity index (χ1v) is 7.99. The largest absolute Gasteiger partial charge is 0.383 e. The SMILES string of the molecule is COCCN(CC=Cc1ccccc1)Cc1ccc2nonc2c1. The van der Waals surface area contributed by atoms with Crippen LogP contribution in [0.4, 0.5) is 0 Å². The van der Waals surface area contributed by atoms with E-state index in [2.05, 4.69) is 45.6 Å². The summed E-state index contributed by atoms with van der Waals surface area (Å²) in [5.74, 6) is 0. The highest BCUT2D eigenvalue weighted by atomic mass is 16.6. The Bertz CT molecular complexity index is 783. The van der Waals surface area contributed by atoms with E-state index in [4.69, 9.17) is 9.37 Å². The van der Waals surface area contributed by atoms with Gasteiger partial charge < -0.3 is 4.74 Å². The Hall–Kier alpha value is -2.50. The summed E-state index contributed by atoms with van der Waals surface area (Å²) in [6.45, 7) is 3.25. The average Bonchev–Trinajstić information content (AvgIpc) is 3.08. The zero-order valence-electron chi connectivity index (χ0n) is 13.8. The second-order valence-electron chi connectivity index (χ2n) is 5.63. The molecule has 1 heterocycles. The van der Waals surface area contributed by atoms with Crippen LogP contribution < -0.4 is 0 Å². The Kier molecular flexibility index (Phi) is 5.71. The number of rotatable bonds is 8. The molecule has 2 aromatic carbocycles. The summed E-state index contributed by atoms with van der Waals surface area (Å²) in [5, 5.41) is 7.75. The van der Waals surface area contributed by atoms with Crippen LogP contribution in [0.5, 0.6) is 0 Å². The van der Waals surface area contributed by atoms with Gasteiger partial charge in [-0.05, 0) is 33.6 Å². The third-order valence-electron chi connectivity index (χ3n) is 3.81. The van der Waals surface area contributed by atoms with Crippen molar-refractivity contribution in [1.29, 1.82) is 0 Å². The summed E-state index contributed by atoms with van der Waals surface area (Å²) in [4.78, 5) is 2.33. The molecule has 5 heteroatoms. The number of ether oxygens (including phenoxy) is 1. The molecule has 0 unspecified atom stereocenters. The van der Waals surface area contributed by atoms with Gasteiger partial charge in [-0.3, -0.25) is 4.90 Å². The Morgan fingerprint density at radius 1 is 1.08 bits per heavy atom. The van der Waals surface area contributed by atoms with Crippen LogP contribution in [0.1, 0.15) is 11.1 Å². The number of benzene rings is 2. The van der Waals surface area contributed by atoms with Crippen molar-refractivity contribution in [1.82, 2.24) is 15.2 Å². The van der Waals surface area contributed by atoms with Crippen molar-refractivity contribution in [2.75, 3.05) is 26.8 Å². The molecule has 0 saturated carbocycles. The van der Waals surface area contributed by atoms with Crippen LogP contribution in [0.25, 0.3) is 17.1 Å². The van der Waals surface area contributed by atoms with E-state index in [1.165, 1.54) is 11.1 Å². The van der Waals surface area contributed by atoms with Crippen molar-refractivity contribution >= 4 is 17.1 Å². The number of methoxy groups -OCH3 is 1. The highest BCUT2D eigenvalue weighted by molar-refractivity contribution is 5.73. The number of hydrogen-bond donors (Lipinski definition) is 0. The van der Waals surface area contributed by atoms with E-state index in [0.29, 0.717) is 6.61 Å². The van der Waals surface area contributed by atoms with Gasteiger partial charge in [0, 0.05) is 26.7 Å². The molecule has 0 atom stereocenters. The number of fused-ring (bicyclic) bond motifs is 1. The summed E-state index contributed by atoms with van der Waals surface area (Å²) in [5.41, 5.74) is 3.96. The standard InChI is InChI=1S/C19H21N3O2/c1-23-13-12-22(11-5-8-16-6-3-2-4-7-16)15-17-9-10-18-19(14-17)21-24-20-18/h2-10,14H,11-13,15H2,1H3. The third-order valence-corrected chi connectivity index (χ3v) is 3.81. The Balaban J connectivity index is 1.65. The van der Waals surface area contributed by atoms with Gasteiger partial charge in [-0.2, -0.15) is 0 Å². The zero-order chi connectivity index (χ0) is 16.6. The van der Waals surface area contributed by atoms with Gasteiger partial charge in [0.15, 0.2) is 0 Å². The molecule has 24 heavy (non-hydrogen) atoms. The predicted molar refractivity (Wildman–Crippen MR) is 94.4 cm³/mol. The van der Waals surface area contributed by atoms with E-state index >= 15 is 0 Å². The highest BCUT2D eigenvalue weighted by Gasteiger charge is 2.07. The fraction of sp³-hybridized carbons (Fsp3) is 0.263. The molecule has 3 aromatic rings. The van der Waals surface area contributed by atoms with Gasteiger partial charge in [0.1, 0.15) is 11.0 Å². The minimum atomic E-state index is 0.701. The van der Waals surface area contributed by atoms with Crippen molar-refractivity contribution in [3.8, 4) is 0 Å². The Morgan fingerprint density at radius 3 is 2.75 bits per heavy atom. The lowest BCUT2D eigenvalue weighted by Crippen LogP contribution is -2.27. The van der Waals surface area contributed by atoms with Crippen molar-refractivity contribution in [2.24, 2.45) is 0 Å². The lowest BCUT2D eigenvalue weighted by Gasteiger charge is -2.20. The summed E-state index contributed by atoms with van der Waals surface area (Å²) >= 11 is 0. The summed E-state index contributed by atoms with van der Waals surface area (Å²) in [6, 6.07) is 16.3. The smallest absolute Gasteiger partial charge is 0.135 e. The maximum absolute atomic E-state index is 5.23. The molecule has 124 valence electrons. The zero-order valence-corrected chi connectivity index (χ0v) is 13.8. The van der Waals surface area contributed by atoms with Crippen molar-refractivity contribution in [3.63, 3.8) is 0 Å². The minimum Gasteiger partial charge on any atom is -0.383 e. The molecular weight excluding hydrogens is 302 g/mol. The van der Waals surface area contributed by atoms with Gasteiger partial charge in [0.25, 0.3) is 0 Å². The molecule has 0 aliphatic heterocycles. The summed E-state index contributed by atoms with van der Waals surface area (Å²) < 4.78 is 9.99. The van der Waals surface area contributed by atoms with Crippen LogP contribution in [-0.2, 0) is 11.3 Å². The first-order chi connectivity index (χ1) is 11.8. The van der Waals surface area contributed by atoms with Crippen LogP contribution in [0.2, 0.25) is 0 Å². The second kappa shape index (κ2) is 8.38. The van der Waals surface area contributed by atoms with Crippen molar-refractivity contribution in [2.45, 2.75) is 6.54 Å². The van der Waals surface area contributed by atoms with Crippen LogP contribution in [0.3, 0.4) is 0 Å². The van der Waals surface area contributed by atoms with Gasteiger partial charge >= 0.3 is 0 Å². The average molecular weight is 323 g/mol. The molecule has 0 spiro atoms. The quantitative estimate of drug-likeness (QED) is 0.636. The molecule has 0 N–H and O–H groups in total. The maximum atomic E-state index is 5.23. The first-order valence-electron chi connectivity index (χ1n) is 7.99. The molecule has 1 aromatic heterocycles. The molecule has 0 saturated heterocycles. The van der Waals surface area contributed by atoms with Gasteiger partial charge in [0.2, 0.25) is 0 Å². The van der Waals surface area contributed by atoms with Gasteiger partial charge in [-0.1, -0.05) is 48.6 Å². The fourth-order valence-corrected chi connectivity index (χ4v) is 2.54. The van der Waals surface area contributed by atoms with E-state index < -0.39 is 0 Å². The molecule has 0 aliphatic rings. The van der Waals surface area contributed by atoms with Crippen LogP contribution in [0.15, 0.2) is 59.2 Å². The molecule has 0 aliphatic carbocycles.